The van der Waals surface area contributed by atoms with Crippen LogP contribution in [-0.2, 0) is 9.59 Å². The summed E-state index contributed by atoms with van der Waals surface area (Å²) < 4.78 is 25.6. The van der Waals surface area contributed by atoms with Crippen LogP contribution in [0.5, 0.6) is 11.5 Å². The van der Waals surface area contributed by atoms with Gasteiger partial charge in [0.15, 0.2) is 17.3 Å². The van der Waals surface area contributed by atoms with Crippen LogP contribution in [0.15, 0.2) is 76.7 Å². The van der Waals surface area contributed by atoms with Crippen LogP contribution in [0.25, 0.3) is 0 Å². The molecule has 196 valence electrons. The minimum Gasteiger partial charge on any atom is -0.494 e. The number of nitrogens with zero attached hydrogens (tertiary/aromatic N) is 1. The van der Waals surface area contributed by atoms with Crippen LogP contribution < -0.4 is 25.4 Å². The van der Waals surface area contributed by atoms with E-state index in [1.807, 2.05) is 13.0 Å². The summed E-state index contributed by atoms with van der Waals surface area (Å²) >= 11 is 0. The van der Waals surface area contributed by atoms with Gasteiger partial charge >= 0.3 is 0 Å². The molecule has 0 aromatic heterocycles. The van der Waals surface area contributed by atoms with Gasteiger partial charge in [0.2, 0.25) is 5.91 Å². The van der Waals surface area contributed by atoms with E-state index in [9.17, 15) is 14.0 Å². The largest absolute Gasteiger partial charge is 0.494 e. The van der Waals surface area contributed by atoms with E-state index < -0.39 is 5.83 Å². The highest BCUT2D eigenvalue weighted by molar-refractivity contribution is 6.05. The number of carbonyl (C=O) groups is 2. The first kappa shape index (κ1) is 27.4. The minimum atomic E-state index is -0.570. The van der Waals surface area contributed by atoms with Crippen LogP contribution in [0.1, 0.15) is 45.6 Å². The molecule has 1 saturated carbocycles. The molecule has 37 heavy (non-hydrogen) atoms. The summed E-state index contributed by atoms with van der Waals surface area (Å²) in [7, 11) is 3.04. The highest BCUT2D eigenvalue weighted by Crippen LogP contribution is 2.45. The number of ether oxygens (including phenoxy) is 2. The molecular formula is C28H33FN4O4. The number of nitrogens with one attached hydrogen (secondary N) is 3. The second kappa shape index (κ2) is 12.2. The normalized spacial score (nSPS) is 16.4. The zero-order valence-electron chi connectivity index (χ0n) is 21.8. The van der Waals surface area contributed by atoms with Crippen LogP contribution in [0.2, 0.25) is 0 Å². The van der Waals surface area contributed by atoms with Gasteiger partial charge in [0.05, 0.1) is 30.3 Å². The van der Waals surface area contributed by atoms with Crippen molar-refractivity contribution in [3.8, 4) is 11.5 Å². The number of likely N-dealkylation sites (N-methyl/N-ethyl adjacent to an activating group) is 1. The first-order chi connectivity index (χ1) is 17.8. The lowest BCUT2D eigenvalue weighted by Gasteiger charge is -2.29. The maximum absolute atomic E-state index is 13.6. The Morgan fingerprint density at radius 3 is 2.65 bits per heavy atom. The first-order valence-corrected chi connectivity index (χ1v) is 12.1. The molecule has 1 aliphatic carbocycles. The lowest BCUT2D eigenvalue weighted by Crippen LogP contribution is -2.32. The summed E-state index contributed by atoms with van der Waals surface area (Å²) in [5.74, 6) is 0.140. The highest BCUT2D eigenvalue weighted by atomic mass is 19.1. The Kier molecular flexibility index (Phi) is 9.05. The summed E-state index contributed by atoms with van der Waals surface area (Å²) in [6.45, 7) is 8.79. The molecule has 3 rings (SSSR count). The molecule has 9 heteroatoms. The maximum atomic E-state index is 13.6. The number of allylic oxidation sites excluding steroid dienone is 4. The van der Waals surface area contributed by atoms with Gasteiger partial charge in [-0.3, -0.25) is 14.6 Å². The van der Waals surface area contributed by atoms with E-state index in [-0.39, 0.29) is 17.7 Å². The Morgan fingerprint density at radius 1 is 1.35 bits per heavy atom. The van der Waals surface area contributed by atoms with Crippen molar-refractivity contribution >= 4 is 23.2 Å². The molecule has 3 N–H and O–H groups in total. The quantitative estimate of drug-likeness (QED) is 0.234. The van der Waals surface area contributed by atoms with Crippen LogP contribution in [0, 0.1) is 5.92 Å². The summed E-state index contributed by atoms with van der Waals surface area (Å²) in [5, 5.41) is 8.93. The van der Waals surface area contributed by atoms with E-state index in [1.165, 1.54) is 14.2 Å². The standard InChI is InChI=1S/C28H33FN4O4/c1-7-10-21(32-27(34)17-11-12-17)26-23(19(9-3)28(35)30-5)33-24-22(37-26)14-13-20(25(24)36-6)16(4)31-15-18(29)8-2/h8-10,13-15,17,33H,2,7,11-12H2,1,3-6H3,(H,30,35)(H,32,34)/b18-15+,19-9+,21-10-,31-16?. The molecule has 1 aromatic carbocycles. The SMILES string of the molecule is C=C/C(F)=C\N=C(C)c1ccc2c(c1OC)NC(C(=C\C)/C(=O)NC)=C(/C(=C/CC)NC(=O)C1CC1)O2. The predicted octanol–water partition coefficient (Wildman–Crippen LogP) is 5.03. The highest BCUT2D eigenvalue weighted by Gasteiger charge is 2.34. The third-order valence-corrected chi connectivity index (χ3v) is 5.87. The summed E-state index contributed by atoms with van der Waals surface area (Å²) in [5.41, 5.74) is 2.72. The molecule has 0 spiro atoms. The van der Waals surface area contributed by atoms with Gasteiger partial charge in [-0.25, -0.2) is 4.39 Å². The molecule has 0 bridgehead atoms. The number of carbonyl (C=O) groups excluding carboxylic acids is 2. The molecule has 0 radical (unpaired) electrons. The van der Waals surface area contributed by atoms with Gasteiger partial charge in [-0.15, -0.1) is 0 Å². The fourth-order valence-corrected chi connectivity index (χ4v) is 3.78. The van der Waals surface area contributed by atoms with Gasteiger partial charge in [0.1, 0.15) is 11.5 Å². The number of rotatable bonds is 10. The van der Waals surface area contributed by atoms with Crippen molar-refractivity contribution in [1.82, 2.24) is 10.6 Å². The molecule has 0 atom stereocenters. The Labute approximate surface area is 216 Å². The number of hydrogen-bond acceptors (Lipinski definition) is 6. The molecule has 1 aromatic rings. The Morgan fingerprint density at radius 2 is 2.08 bits per heavy atom. The smallest absolute Gasteiger partial charge is 0.252 e. The monoisotopic (exact) mass is 508 g/mol. The van der Waals surface area contributed by atoms with Gasteiger partial charge < -0.3 is 25.4 Å². The molecule has 2 amide bonds. The van der Waals surface area contributed by atoms with Gasteiger partial charge in [-0.2, -0.15) is 0 Å². The molecule has 1 heterocycles. The minimum absolute atomic E-state index is 0.0156. The third-order valence-electron chi connectivity index (χ3n) is 5.87. The van der Waals surface area contributed by atoms with E-state index in [0.717, 1.165) is 25.1 Å². The van der Waals surface area contributed by atoms with Crippen molar-refractivity contribution in [3.05, 3.63) is 77.3 Å². The number of fused-ring (bicyclic) bond motifs is 1. The number of anilines is 1. The Hall–Kier alpha value is -4.14. The van der Waals surface area contributed by atoms with E-state index in [1.54, 1.807) is 32.1 Å². The van der Waals surface area contributed by atoms with Gasteiger partial charge in [-0.05, 0) is 51.3 Å². The van der Waals surface area contributed by atoms with Gasteiger partial charge in [0, 0.05) is 24.2 Å². The molecule has 0 saturated heterocycles. The fourth-order valence-electron chi connectivity index (χ4n) is 3.78. The molecule has 2 aliphatic rings. The van der Waals surface area contributed by atoms with Crippen LogP contribution >= 0.6 is 0 Å². The average molecular weight is 509 g/mol. The number of aliphatic imine (C=N–C) groups is 1. The maximum Gasteiger partial charge on any atom is 0.252 e. The lowest BCUT2D eigenvalue weighted by atomic mass is 10.0. The zero-order chi connectivity index (χ0) is 27.1. The topological polar surface area (TPSA) is 101 Å². The summed E-state index contributed by atoms with van der Waals surface area (Å²) in [4.78, 5) is 29.6. The lowest BCUT2D eigenvalue weighted by molar-refractivity contribution is -0.121. The Balaban J connectivity index is 2.16. The van der Waals surface area contributed by atoms with Gasteiger partial charge in [0.25, 0.3) is 5.91 Å². The average Bonchev–Trinajstić information content (AvgIpc) is 3.76. The van der Waals surface area contributed by atoms with Crippen LogP contribution in [0.3, 0.4) is 0 Å². The summed E-state index contributed by atoms with van der Waals surface area (Å²) in [6.07, 6.45) is 7.98. The Bertz CT molecular complexity index is 1250. The molecular weight excluding hydrogens is 475 g/mol. The number of amides is 2. The van der Waals surface area contributed by atoms with Crippen molar-refractivity contribution in [1.29, 1.82) is 0 Å². The number of halogens is 1. The predicted molar refractivity (Wildman–Crippen MR) is 143 cm³/mol. The molecule has 1 fully saturated rings. The van der Waals surface area contributed by atoms with E-state index >= 15 is 0 Å². The van der Waals surface area contributed by atoms with E-state index in [2.05, 4.69) is 27.5 Å². The first-order valence-electron chi connectivity index (χ1n) is 12.1. The van der Waals surface area contributed by atoms with E-state index in [4.69, 9.17) is 9.47 Å². The van der Waals surface area contributed by atoms with Crippen molar-refractivity contribution in [2.45, 2.75) is 40.0 Å². The number of benzene rings is 1. The van der Waals surface area contributed by atoms with Gasteiger partial charge in [-0.1, -0.05) is 25.7 Å². The van der Waals surface area contributed by atoms with Crippen molar-refractivity contribution < 1.29 is 23.5 Å². The van der Waals surface area contributed by atoms with Crippen LogP contribution in [0.4, 0.5) is 10.1 Å². The molecule has 1 aliphatic heterocycles. The number of hydrogen-bond donors (Lipinski definition) is 3. The molecule has 0 unspecified atom stereocenters. The second-order valence-electron chi connectivity index (χ2n) is 8.45. The molecule has 8 nitrogen and oxygen atoms in total. The second-order valence-corrected chi connectivity index (χ2v) is 8.45. The summed E-state index contributed by atoms with van der Waals surface area (Å²) in [6, 6.07) is 3.48. The van der Waals surface area contributed by atoms with Crippen molar-refractivity contribution in [2.75, 3.05) is 19.5 Å². The van der Waals surface area contributed by atoms with Crippen LogP contribution in [-0.4, -0.2) is 31.7 Å². The number of methoxy groups -OCH3 is 1. The van der Waals surface area contributed by atoms with Crippen molar-refractivity contribution in [2.24, 2.45) is 10.9 Å². The zero-order valence-corrected chi connectivity index (χ0v) is 21.8. The third kappa shape index (κ3) is 6.17. The van der Waals surface area contributed by atoms with Crippen molar-refractivity contribution in [3.63, 3.8) is 0 Å². The fraction of sp³-hybridized carbons (Fsp3) is 0.321. The van der Waals surface area contributed by atoms with E-state index in [0.29, 0.717) is 57.6 Å².